The Morgan fingerprint density at radius 2 is 0.940 bits per heavy atom. The molecule has 214 valence electrons. The fourth-order valence-corrected chi connectivity index (χ4v) is 7.08. The van der Waals surface area contributed by atoms with Crippen LogP contribution < -0.4 is 27.3 Å². The maximum atomic E-state index is 6.55. The van der Waals surface area contributed by atoms with E-state index in [1.807, 2.05) is 65.2 Å². The molecule has 0 aliphatic carbocycles. The molecule has 10 heteroatoms. The summed E-state index contributed by atoms with van der Waals surface area (Å²) < 4.78 is 1.90. The Labute approximate surface area is 302 Å². The van der Waals surface area contributed by atoms with Gasteiger partial charge in [-0.2, -0.15) is 0 Å². The van der Waals surface area contributed by atoms with Crippen LogP contribution in [-0.4, -0.2) is 72.3 Å². The van der Waals surface area contributed by atoms with Crippen LogP contribution in [0.15, 0.2) is 121 Å². The lowest BCUT2D eigenvalue weighted by atomic mass is 9.42. The average Bonchev–Trinajstić information content (AvgIpc) is 3.53. The number of aromatic nitrogens is 2. The predicted molar refractivity (Wildman–Crippen MR) is 218 cm³/mol. The van der Waals surface area contributed by atoms with E-state index in [-0.39, 0.29) is 27.3 Å². The molecular formula is C40H20B8N2. The van der Waals surface area contributed by atoms with Crippen LogP contribution in [-0.2, 0) is 5.11 Å². The zero-order valence-corrected chi connectivity index (χ0v) is 27.1. The molecule has 0 atom stereocenters. The van der Waals surface area contributed by atoms with Crippen molar-refractivity contribution in [1.29, 1.82) is 0 Å². The van der Waals surface area contributed by atoms with Crippen molar-refractivity contribution in [3.8, 4) is 39.1 Å². The molecule has 0 bridgehead atoms. The molecule has 0 fully saturated rings. The van der Waals surface area contributed by atoms with Gasteiger partial charge >= 0.3 is 0 Å². The summed E-state index contributed by atoms with van der Waals surface area (Å²) in [6.45, 7) is 0. The smallest absolute Gasteiger partial charge is 0.113 e. The van der Waals surface area contributed by atoms with E-state index in [1.54, 1.807) is 0 Å². The van der Waals surface area contributed by atoms with Gasteiger partial charge in [-0.3, -0.25) is 4.57 Å². The van der Waals surface area contributed by atoms with Gasteiger partial charge in [0, 0.05) is 5.69 Å². The van der Waals surface area contributed by atoms with Crippen LogP contribution in [0.25, 0.3) is 71.6 Å². The summed E-state index contributed by atoms with van der Waals surface area (Å²) in [6, 6.07) is 40.9. The number of para-hydroxylation sites is 2. The lowest BCUT2D eigenvalue weighted by Crippen LogP contribution is -2.55. The molecule has 0 aliphatic heterocycles. The van der Waals surface area contributed by atoms with Crippen molar-refractivity contribution < 1.29 is 0 Å². The molecule has 0 saturated heterocycles. The summed E-state index contributed by atoms with van der Waals surface area (Å²) >= 11 is 0. The summed E-state index contributed by atoms with van der Waals surface area (Å²) in [6.07, 6.45) is 0. The van der Waals surface area contributed by atoms with Crippen LogP contribution in [0.1, 0.15) is 5.82 Å². The summed E-state index contributed by atoms with van der Waals surface area (Å²) in [4.78, 5) is 4.67. The molecule has 1 aromatic heterocycles. The van der Waals surface area contributed by atoms with Crippen LogP contribution in [0.3, 0.4) is 0 Å². The van der Waals surface area contributed by atoms with Crippen molar-refractivity contribution in [2.75, 3.05) is 0 Å². The van der Waals surface area contributed by atoms with Crippen LogP contribution in [0.5, 0.6) is 0 Å². The number of hydrogen-bond acceptors (Lipinski definition) is 1. The molecular weight excluding hydrogens is 595 g/mol. The Kier molecular flexibility index (Phi) is 7.83. The van der Waals surface area contributed by atoms with E-state index in [9.17, 15) is 0 Å². The quantitative estimate of drug-likeness (QED) is 0.215. The highest BCUT2D eigenvalue weighted by atomic mass is 15.1. The summed E-state index contributed by atoms with van der Waals surface area (Å²) in [5.41, 5.74) is 9.11. The van der Waals surface area contributed by atoms with Gasteiger partial charge in [0.25, 0.3) is 0 Å². The molecule has 0 amide bonds. The Bertz CT molecular complexity index is 2600. The lowest BCUT2D eigenvalue weighted by molar-refractivity contribution is 0.929. The zero-order valence-electron chi connectivity index (χ0n) is 27.1. The average molecular weight is 615 g/mol. The Morgan fingerprint density at radius 3 is 1.58 bits per heavy atom. The maximum Gasteiger partial charge on any atom is 0.113 e. The minimum Gasteiger partial charge on any atom is -0.298 e. The van der Waals surface area contributed by atoms with Crippen LogP contribution in [0.2, 0.25) is 0 Å². The van der Waals surface area contributed by atoms with Gasteiger partial charge in [-0.05, 0) is 85.3 Å². The van der Waals surface area contributed by atoms with E-state index in [0.29, 0.717) is 11.4 Å². The van der Waals surface area contributed by atoms with Crippen molar-refractivity contribution in [3.63, 3.8) is 0 Å². The van der Waals surface area contributed by atoms with Crippen molar-refractivity contribution >= 4 is 123 Å². The normalized spacial score (nSPS) is 11.8. The molecule has 50 heavy (non-hydrogen) atoms. The van der Waals surface area contributed by atoms with E-state index >= 15 is 0 Å². The number of benzene rings is 7. The number of nitrogens with zero attached hydrogens (tertiary/aromatic N) is 2. The van der Waals surface area contributed by atoms with E-state index in [1.165, 1.54) is 0 Å². The molecule has 0 aliphatic rings. The molecule has 16 radical (unpaired) electrons. The van der Waals surface area contributed by atoms with Crippen LogP contribution >= 0.6 is 0 Å². The minimum atomic E-state index is -1.65. The largest absolute Gasteiger partial charge is 0.298 e. The summed E-state index contributed by atoms with van der Waals surface area (Å²) in [5, 5.41) is 2.56. The number of fused-ring (bicyclic) bond motifs is 3. The highest BCUT2D eigenvalue weighted by Gasteiger charge is 2.23. The zero-order chi connectivity index (χ0) is 34.9. The number of imidazole rings is 1. The van der Waals surface area contributed by atoms with Crippen molar-refractivity contribution in [2.24, 2.45) is 0 Å². The van der Waals surface area contributed by atoms with Crippen LogP contribution in [0.4, 0.5) is 0 Å². The van der Waals surface area contributed by atoms with E-state index < -0.39 is 5.11 Å². The molecule has 7 aromatic carbocycles. The van der Waals surface area contributed by atoms with Gasteiger partial charge in [0.15, 0.2) is 0 Å². The number of hydrogen-bond donors (Lipinski definition) is 0. The third-order valence-corrected chi connectivity index (χ3v) is 9.44. The second kappa shape index (κ2) is 12.1. The Morgan fingerprint density at radius 1 is 0.440 bits per heavy atom. The van der Waals surface area contributed by atoms with E-state index in [0.717, 1.165) is 66.1 Å². The van der Waals surface area contributed by atoms with E-state index in [4.69, 9.17) is 62.8 Å². The molecule has 0 unspecified atom stereocenters. The first-order valence-electron chi connectivity index (χ1n) is 16.1. The third-order valence-electron chi connectivity index (χ3n) is 9.44. The monoisotopic (exact) mass is 616 g/mol. The first-order valence-corrected chi connectivity index (χ1v) is 16.1. The molecule has 0 spiro atoms. The van der Waals surface area contributed by atoms with Gasteiger partial charge < -0.3 is 0 Å². The second-order valence-electron chi connectivity index (χ2n) is 12.6. The molecule has 8 rings (SSSR count). The fourth-order valence-electron chi connectivity index (χ4n) is 7.08. The maximum absolute atomic E-state index is 6.55. The highest BCUT2D eigenvalue weighted by molar-refractivity contribution is 6.68. The second-order valence-corrected chi connectivity index (χ2v) is 12.6. The van der Waals surface area contributed by atoms with Crippen molar-refractivity contribution in [3.05, 3.63) is 127 Å². The van der Waals surface area contributed by atoms with Gasteiger partial charge in [-0.25, -0.2) is 4.98 Å². The van der Waals surface area contributed by atoms with Gasteiger partial charge in [-0.15, -0.1) is 16.4 Å². The van der Waals surface area contributed by atoms with Gasteiger partial charge in [0.05, 0.1) is 40.4 Å². The minimum absolute atomic E-state index is 0.178. The summed E-state index contributed by atoms with van der Waals surface area (Å²) in [5.74, 6) is 0.351. The fraction of sp³-hybridized carbons (Fsp3) is 0.0250. The van der Waals surface area contributed by atoms with Gasteiger partial charge in [-0.1, -0.05) is 107 Å². The number of rotatable bonds is 5. The molecule has 0 saturated carbocycles. The molecule has 2 nitrogen and oxygen atoms in total. The standard InChI is InChI=1S/C40H20B8N2/c41-34-33(35(42)37(44)38(45)36(34)43)23-16-19-27-28(20-23)32(21-8-2-1-3-9-21)26-11-5-4-10-25(26)31(27)22-14-17-24(18-15-22)50-30-13-7-6-12-29(30)49-39(50)40(46,47)48/h1-20H. The first kappa shape index (κ1) is 32.3. The molecule has 1 heterocycles. The van der Waals surface area contributed by atoms with Gasteiger partial charge in [0.1, 0.15) is 39.2 Å². The SMILES string of the molecule is [B]c1c([B])c([B])c(-c2ccc3c(-c4ccc(-n5c(C([B])([B])[B])nc6ccccc65)cc4)c4ccccc4c(-c4ccccc4)c3c2)c([B])c1[B]. The molecule has 8 aromatic rings. The lowest BCUT2D eigenvalue weighted by Gasteiger charge is -2.23. The Hall–Kier alpha value is -4.95. The van der Waals surface area contributed by atoms with Crippen LogP contribution in [0, 0.1) is 0 Å². The van der Waals surface area contributed by atoms with Crippen molar-refractivity contribution in [1.82, 2.24) is 9.55 Å². The first-order chi connectivity index (χ1) is 24.0. The Balaban J connectivity index is 1.41. The topological polar surface area (TPSA) is 17.8 Å². The highest BCUT2D eigenvalue weighted by Crippen LogP contribution is 2.44. The van der Waals surface area contributed by atoms with Gasteiger partial charge in [0.2, 0.25) is 0 Å². The summed E-state index contributed by atoms with van der Waals surface area (Å²) in [7, 11) is 50.4. The predicted octanol–water partition coefficient (Wildman–Crippen LogP) is 2.92. The molecule has 0 N–H and O–H groups in total. The van der Waals surface area contributed by atoms with Crippen molar-refractivity contribution in [2.45, 2.75) is 5.11 Å². The van der Waals surface area contributed by atoms with E-state index in [2.05, 4.69) is 65.6 Å². The third kappa shape index (κ3) is 5.11.